The van der Waals surface area contributed by atoms with E-state index >= 15 is 0 Å². The lowest BCUT2D eigenvalue weighted by atomic mass is 10.2. The highest BCUT2D eigenvalue weighted by atomic mass is 35.5. The number of halogens is 2. The van der Waals surface area contributed by atoms with Crippen LogP contribution in [-0.2, 0) is 11.3 Å². The van der Waals surface area contributed by atoms with Gasteiger partial charge in [-0.25, -0.2) is 4.79 Å². The van der Waals surface area contributed by atoms with Crippen molar-refractivity contribution in [1.82, 2.24) is 10.1 Å². The van der Waals surface area contributed by atoms with Gasteiger partial charge in [0.1, 0.15) is 0 Å². The minimum Gasteiger partial charge on any atom is -0.493 e. The van der Waals surface area contributed by atoms with Gasteiger partial charge in [0, 0.05) is 5.56 Å². The first kappa shape index (κ1) is 19.0. The number of carbonyl (C=O) groups is 1. The highest BCUT2D eigenvalue weighted by Crippen LogP contribution is 2.31. The van der Waals surface area contributed by atoms with E-state index in [2.05, 4.69) is 10.1 Å². The largest absolute Gasteiger partial charge is 0.493 e. The molecule has 3 aromatic rings. The maximum Gasteiger partial charge on any atom is 0.338 e. The molecule has 0 radical (unpaired) electrons. The van der Waals surface area contributed by atoms with Crippen LogP contribution in [0.5, 0.6) is 11.5 Å². The molecular weight excluding hydrogens is 395 g/mol. The van der Waals surface area contributed by atoms with Gasteiger partial charge < -0.3 is 18.7 Å². The van der Waals surface area contributed by atoms with Crippen molar-refractivity contribution < 1.29 is 23.5 Å². The van der Waals surface area contributed by atoms with Crippen LogP contribution < -0.4 is 9.47 Å². The number of carbonyl (C=O) groups excluding carboxylic acids is 1. The number of methoxy groups -OCH3 is 2. The molecule has 0 fully saturated rings. The Hall–Kier alpha value is -2.77. The van der Waals surface area contributed by atoms with Crippen LogP contribution in [0.2, 0.25) is 10.0 Å². The third kappa shape index (κ3) is 4.32. The number of esters is 1. The average molecular weight is 409 g/mol. The number of aromatic nitrogens is 2. The fraction of sp³-hybridized carbons (Fsp3) is 0.167. The Morgan fingerprint density at radius 2 is 1.81 bits per heavy atom. The molecule has 0 amide bonds. The number of benzene rings is 2. The zero-order chi connectivity index (χ0) is 19.4. The Morgan fingerprint density at radius 1 is 1.04 bits per heavy atom. The maximum atomic E-state index is 12.1. The standard InChI is InChI=1S/C18H14Cl2N2O5/c1-24-14-6-4-10(8-15(14)25-2)17-21-16(27-22-17)9-26-18(23)11-3-5-12(19)13(20)7-11/h3-8H,9H2,1-2H3. The molecule has 0 spiro atoms. The molecule has 0 N–H and O–H groups in total. The van der Waals surface area contributed by atoms with Crippen LogP contribution in [0.3, 0.4) is 0 Å². The quantitative estimate of drug-likeness (QED) is 0.558. The summed E-state index contributed by atoms with van der Waals surface area (Å²) in [4.78, 5) is 16.3. The van der Waals surface area contributed by atoms with E-state index in [1.165, 1.54) is 25.3 Å². The molecule has 7 nitrogen and oxygen atoms in total. The summed E-state index contributed by atoms with van der Waals surface area (Å²) >= 11 is 11.7. The summed E-state index contributed by atoms with van der Waals surface area (Å²) in [5.74, 6) is 1.01. The lowest BCUT2D eigenvalue weighted by Crippen LogP contribution is -2.05. The molecular formula is C18H14Cl2N2O5. The molecule has 1 aromatic heterocycles. The van der Waals surface area contributed by atoms with Crippen molar-refractivity contribution in [3.63, 3.8) is 0 Å². The lowest BCUT2D eigenvalue weighted by Gasteiger charge is -2.07. The van der Waals surface area contributed by atoms with E-state index in [4.69, 9.17) is 41.9 Å². The van der Waals surface area contributed by atoms with Gasteiger partial charge in [-0.2, -0.15) is 4.98 Å². The molecule has 0 unspecified atom stereocenters. The van der Waals surface area contributed by atoms with E-state index in [0.717, 1.165) is 0 Å². The van der Waals surface area contributed by atoms with Crippen LogP contribution in [-0.4, -0.2) is 30.3 Å². The fourth-order valence-corrected chi connectivity index (χ4v) is 2.54. The van der Waals surface area contributed by atoms with Gasteiger partial charge in [-0.15, -0.1) is 0 Å². The number of hydrogen-bond acceptors (Lipinski definition) is 7. The van der Waals surface area contributed by atoms with Gasteiger partial charge in [0.2, 0.25) is 5.82 Å². The molecule has 0 aliphatic heterocycles. The summed E-state index contributed by atoms with van der Waals surface area (Å²) in [6, 6.07) is 9.66. The van der Waals surface area contributed by atoms with Gasteiger partial charge in [-0.05, 0) is 36.4 Å². The lowest BCUT2D eigenvalue weighted by molar-refractivity contribution is 0.0430. The summed E-state index contributed by atoms with van der Waals surface area (Å²) in [6.07, 6.45) is 0. The smallest absolute Gasteiger partial charge is 0.338 e. The van der Waals surface area contributed by atoms with Crippen molar-refractivity contribution in [1.29, 1.82) is 0 Å². The van der Waals surface area contributed by atoms with Gasteiger partial charge in [-0.1, -0.05) is 28.4 Å². The van der Waals surface area contributed by atoms with Gasteiger partial charge >= 0.3 is 5.97 Å². The molecule has 3 rings (SSSR count). The van der Waals surface area contributed by atoms with Crippen LogP contribution in [0, 0.1) is 0 Å². The van der Waals surface area contributed by atoms with Crippen LogP contribution in [0.25, 0.3) is 11.4 Å². The number of nitrogens with zero attached hydrogens (tertiary/aromatic N) is 2. The van der Waals surface area contributed by atoms with Gasteiger partial charge in [0.25, 0.3) is 5.89 Å². The average Bonchev–Trinajstić information content (AvgIpc) is 3.16. The molecule has 0 saturated carbocycles. The van der Waals surface area contributed by atoms with Crippen molar-refractivity contribution >= 4 is 29.2 Å². The SMILES string of the molecule is COc1ccc(-c2noc(COC(=O)c3ccc(Cl)c(Cl)c3)n2)cc1OC. The Bertz CT molecular complexity index is 974. The van der Waals surface area contributed by atoms with E-state index in [0.29, 0.717) is 27.9 Å². The summed E-state index contributed by atoms with van der Waals surface area (Å²) in [5.41, 5.74) is 0.933. The van der Waals surface area contributed by atoms with Crippen LogP contribution >= 0.6 is 23.2 Å². The van der Waals surface area contributed by atoms with Gasteiger partial charge in [0.15, 0.2) is 18.1 Å². The summed E-state index contributed by atoms with van der Waals surface area (Å²) in [5, 5.41) is 4.50. The van der Waals surface area contributed by atoms with E-state index in [1.54, 1.807) is 25.3 Å². The van der Waals surface area contributed by atoms with E-state index in [1.807, 2.05) is 0 Å². The first-order chi connectivity index (χ1) is 13.0. The molecule has 2 aromatic carbocycles. The third-order valence-electron chi connectivity index (χ3n) is 3.59. The van der Waals surface area contributed by atoms with Crippen LogP contribution in [0.1, 0.15) is 16.2 Å². The molecule has 0 atom stereocenters. The minimum atomic E-state index is -0.584. The Morgan fingerprint density at radius 3 is 2.52 bits per heavy atom. The summed E-state index contributed by atoms with van der Waals surface area (Å²) in [7, 11) is 3.08. The zero-order valence-corrected chi connectivity index (χ0v) is 15.9. The highest BCUT2D eigenvalue weighted by molar-refractivity contribution is 6.42. The van der Waals surface area contributed by atoms with E-state index < -0.39 is 5.97 Å². The molecule has 9 heteroatoms. The fourth-order valence-electron chi connectivity index (χ4n) is 2.24. The normalized spacial score (nSPS) is 10.5. The summed E-state index contributed by atoms with van der Waals surface area (Å²) in [6.45, 7) is -0.181. The minimum absolute atomic E-state index is 0.146. The van der Waals surface area contributed by atoms with Crippen molar-refractivity contribution in [3.05, 3.63) is 57.9 Å². The Balaban J connectivity index is 1.69. The molecule has 140 valence electrons. The third-order valence-corrected chi connectivity index (χ3v) is 4.33. The first-order valence-electron chi connectivity index (χ1n) is 7.69. The molecule has 1 heterocycles. The summed E-state index contributed by atoms with van der Waals surface area (Å²) < 4.78 is 20.7. The second kappa shape index (κ2) is 8.28. The molecule has 27 heavy (non-hydrogen) atoms. The van der Waals surface area contributed by atoms with Crippen molar-refractivity contribution in [2.45, 2.75) is 6.61 Å². The highest BCUT2D eigenvalue weighted by Gasteiger charge is 2.15. The number of hydrogen-bond donors (Lipinski definition) is 0. The predicted molar refractivity (Wildman–Crippen MR) is 98.4 cm³/mol. The second-order valence-corrected chi connectivity index (χ2v) is 6.10. The van der Waals surface area contributed by atoms with E-state index in [-0.39, 0.29) is 23.1 Å². The monoisotopic (exact) mass is 408 g/mol. The van der Waals surface area contributed by atoms with Gasteiger partial charge in [0.05, 0.1) is 29.8 Å². The Labute approximate surface area is 164 Å². The molecule has 0 aliphatic rings. The zero-order valence-electron chi connectivity index (χ0n) is 14.4. The maximum absolute atomic E-state index is 12.1. The second-order valence-electron chi connectivity index (χ2n) is 5.29. The molecule has 0 bridgehead atoms. The van der Waals surface area contributed by atoms with Crippen molar-refractivity contribution in [3.8, 4) is 22.9 Å². The van der Waals surface area contributed by atoms with Crippen LogP contribution in [0.15, 0.2) is 40.9 Å². The Kier molecular flexibility index (Phi) is 5.83. The van der Waals surface area contributed by atoms with Gasteiger partial charge in [-0.3, -0.25) is 0 Å². The van der Waals surface area contributed by atoms with Crippen LogP contribution in [0.4, 0.5) is 0 Å². The first-order valence-corrected chi connectivity index (χ1v) is 8.44. The number of rotatable bonds is 6. The predicted octanol–water partition coefficient (Wildman–Crippen LogP) is 4.42. The number of ether oxygens (including phenoxy) is 3. The molecule has 0 aliphatic carbocycles. The molecule has 0 saturated heterocycles. The van der Waals surface area contributed by atoms with E-state index in [9.17, 15) is 4.79 Å². The van der Waals surface area contributed by atoms with Crippen molar-refractivity contribution in [2.75, 3.05) is 14.2 Å². The topological polar surface area (TPSA) is 83.7 Å². The van der Waals surface area contributed by atoms with Crippen molar-refractivity contribution in [2.24, 2.45) is 0 Å².